The van der Waals surface area contributed by atoms with Gasteiger partial charge in [-0.15, -0.1) is 0 Å². The van der Waals surface area contributed by atoms with Crippen LogP contribution in [0.5, 0.6) is 0 Å². The van der Waals surface area contributed by atoms with Crippen molar-refractivity contribution >= 4 is 29.3 Å². The second-order valence-electron chi connectivity index (χ2n) is 6.29. The van der Waals surface area contributed by atoms with Gasteiger partial charge in [0.1, 0.15) is 5.69 Å². The number of carbonyl (C=O) groups excluding carboxylic acids is 4. The van der Waals surface area contributed by atoms with E-state index in [0.717, 1.165) is 0 Å². The van der Waals surface area contributed by atoms with E-state index in [1.807, 2.05) is 0 Å². The van der Waals surface area contributed by atoms with Crippen molar-refractivity contribution in [1.29, 1.82) is 0 Å². The fourth-order valence-electron chi connectivity index (χ4n) is 2.79. The third-order valence-corrected chi connectivity index (χ3v) is 4.17. The third-order valence-electron chi connectivity index (χ3n) is 4.17. The molecule has 28 heavy (non-hydrogen) atoms. The number of aromatic amines is 1. The molecule has 2 aromatic rings. The zero-order valence-electron chi connectivity index (χ0n) is 16.3. The van der Waals surface area contributed by atoms with Crippen LogP contribution < -0.4 is 5.32 Å². The molecule has 1 atom stereocenters. The molecule has 1 heterocycles. The second kappa shape index (κ2) is 8.51. The van der Waals surface area contributed by atoms with Gasteiger partial charge in [-0.2, -0.15) is 0 Å². The van der Waals surface area contributed by atoms with Crippen LogP contribution in [0.2, 0.25) is 0 Å². The molecule has 2 rings (SSSR count). The number of Topliss-reactive ketones (excluding diaryl/α,β-unsaturated/α-hetero) is 1. The molecular weight excluding hydrogens is 364 g/mol. The largest absolute Gasteiger partial charge is 0.465 e. The van der Waals surface area contributed by atoms with Gasteiger partial charge >= 0.3 is 11.9 Å². The Morgan fingerprint density at radius 1 is 1.04 bits per heavy atom. The van der Waals surface area contributed by atoms with Gasteiger partial charge < -0.3 is 19.8 Å². The molecule has 2 N–H and O–H groups in total. The van der Waals surface area contributed by atoms with Gasteiger partial charge in [-0.1, -0.05) is 0 Å². The van der Waals surface area contributed by atoms with E-state index in [4.69, 9.17) is 9.47 Å². The molecule has 0 fully saturated rings. The summed E-state index contributed by atoms with van der Waals surface area (Å²) in [7, 11) is 1.25. The Morgan fingerprint density at radius 3 is 2.18 bits per heavy atom. The van der Waals surface area contributed by atoms with Crippen LogP contribution in [0.15, 0.2) is 24.3 Å². The molecule has 0 bridgehead atoms. The average molecular weight is 386 g/mol. The molecule has 8 heteroatoms. The number of anilines is 1. The molecule has 0 saturated carbocycles. The van der Waals surface area contributed by atoms with Crippen molar-refractivity contribution in [3.05, 3.63) is 52.3 Å². The van der Waals surface area contributed by atoms with E-state index in [1.54, 1.807) is 26.0 Å². The molecule has 1 amide bonds. The minimum Gasteiger partial charge on any atom is -0.465 e. The summed E-state index contributed by atoms with van der Waals surface area (Å²) in [6, 6.07) is 6.25. The molecule has 148 valence electrons. The number of aryl methyl sites for hydroxylation is 1. The molecule has 0 spiro atoms. The minimum absolute atomic E-state index is 0.0959. The van der Waals surface area contributed by atoms with E-state index in [9.17, 15) is 19.2 Å². The van der Waals surface area contributed by atoms with Gasteiger partial charge in [-0.05, 0) is 50.6 Å². The number of nitrogens with one attached hydrogen (secondary N) is 2. The average Bonchev–Trinajstić information content (AvgIpc) is 2.95. The molecule has 1 aromatic carbocycles. The van der Waals surface area contributed by atoms with Crippen molar-refractivity contribution in [2.45, 2.75) is 33.8 Å². The molecule has 0 unspecified atom stereocenters. The molecule has 0 aliphatic rings. The second-order valence-corrected chi connectivity index (χ2v) is 6.29. The highest BCUT2D eigenvalue weighted by molar-refractivity contribution is 6.03. The topological polar surface area (TPSA) is 115 Å². The van der Waals surface area contributed by atoms with Crippen molar-refractivity contribution in [3.8, 4) is 0 Å². The number of hydrogen-bond acceptors (Lipinski definition) is 6. The number of hydrogen-bond donors (Lipinski definition) is 2. The summed E-state index contributed by atoms with van der Waals surface area (Å²) in [4.78, 5) is 50.6. The fourth-order valence-corrected chi connectivity index (χ4v) is 2.79. The van der Waals surface area contributed by atoms with E-state index < -0.39 is 23.8 Å². The van der Waals surface area contributed by atoms with Crippen LogP contribution in [-0.2, 0) is 14.3 Å². The van der Waals surface area contributed by atoms with Crippen LogP contribution in [0.4, 0.5) is 5.69 Å². The Labute approximate surface area is 162 Å². The minimum atomic E-state index is -1.04. The summed E-state index contributed by atoms with van der Waals surface area (Å²) < 4.78 is 9.98. The van der Waals surface area contributed by atoms with E-state index in [2.05, 4.69) is 10.3 Å². The van der Waals surface area contributed by atoms with Crippen LogP contribution in [0.3, 0.4) is 0 Å². The summed E-state index contributed by atoms with van der Waals surface area (Å²) in [6.07, 6.45) is -1.04. The number of carbonyl (C=O) groups is 4. The van der Waals surface area contributed by atoms with Crippen LogP contribution in [0.1, 0.15) is 56.3 Å². The predicted molar refractivity (Wildman–Crippen MR) is 102 cm³/mol. The zero-order chi connectivity index (χ0) is 21.0. The maximum absolute atomic E-state index is 12.5. The smallest absolute Gasteiger partial charge is 0.355 e. The first kappa shape index (κ1) is 20.9. The number of aromatic nitrogens is 1. The number of ether oxygens (including phenoxy) is 2. The lowest BCUT2D eigenvalue weighted by Crippen LogP contribution is -2.25. The van der Waals surface area contributed by atoms with E-state index in [-0.39, 0.29) is 17.2 Å². The van der Waals surface area contributed by atoms with Gasteiger partial charge in [-0.3, -0.25) is 9.59 Å². The zero-order valence-corrected chi connectivity index (χ0v) is 16.3. The van der Waals surface area contributed by atoms with Gasteiger partial charge in [0.05, 0.1) is 12.7 Å². The van der Waals surface area contributed by atoms with Crippen molar-refractivity contribution in [2.24, 2.45) is 0 Å². The summed E-state index contributed by atoms with van der Waals surface area (Å²) >= 11 is 0. The van der Waals surface area contributed by atoms with E-state index in [1.165, 1.54) is 33.1 Å². The first-order valence-corrected chi connectivity index (χ1v) is 8.56. The van der Waals surface area contributed by atoms with Crippen LogP contribution in [0.25, 0.3) is 0 Å². The van der Waals surface area contributed by atoms with Gasteiger partial charge in [0.2, 0.25) is 11.7 Å². The molecule has 0 saturated heterocycles. The maximum atomic E-state index is 12.5. The summed E-state index contributed by atoms with van der Waals surface area (Å²) in [5.41, 5.74) is 2.13. The van der Waals surface area contributed by atoms with Crippen molar-refractivity contribution in [1.82, 2.24) is 4.98 Å². The lowest BCUT2D eigenvalue weighted by molar-refractivity contribution is -0.114. The maximum Gasteiger partial charge on any atom is 0.355 e. The molecule has 0 radical (unpaired) electrons. The number of methoxy groups -OCH3 is 1. The van der Waals surface area contributed by atoms with Gasteiger partial charge in [0, 0.05) is 23.9 Å². The SMILES string of the molecule is COC(=O)c1c(C)[nH]c(C(=O)O[C@H](C)C(=O)c2ccc(NC(C)=O)cc2)c1C. The normalized spacial score (nSPS) is 11.5. The van der Waals surface area contributed by atoms with Crippen molar-refractivity contribution < 1.29 is 28.7 Å². The number of benzene rings is 1. The summed E-state index contributed by atoms with van der Waals surface area (Å²) in [5, 5.41) is 2.60. The highest BCUT2D eigenvalue weighted by Crippen LogP contribution is 2.20. The molecule has 8 nitrogen and oxygen atoms in total. The number of ketones is 1. The number of amides is 1. The Hall–Kier alpha value is -3.42. The summed E-state index contributed by atoms with van der Waals surface area (Å²) in [5.74, 6) is -1.92. The molecule has 1 aromatic heterocycles. The summed E-state index contributed by atoms with van der Waals surface area (Å²) in [6.45, 7) is 6.09. The highest BCUT2D eigenvalue weighted by atomic mass is 16.5. The fraction of sp³-hybridized carbons (Fsp3) is 0.300. The van der Waals surface area contributed by atoms with E-state index >= 15 is 0 Å². The van der Waals surface area contributed by atoms with Gasteiger partial charge in [0.25, 0.3) is 0 Å². The third kappa shape index (κ3) is 4.46. The lowest BCUT2D eigenvalue weighted by atomic mass is 10.1. The Kier molecular flexibility index (Phi) is 6.35. The Balaban J connectivity index is 2.13. The predicted octanol–water partition coefficient (Wildman–Crippen LogP) is 2.80. The molecule has 0 aliphatic heterocycles. The van der Waals surface area contributed by atoms with Crippen LogP contribution in [0, 0.1) is 13.8 Å². The number of rotatable bonds is 6. The monoisotopic (exact) mass is 386 g/mol. The lowest BCUT2D eigenvalue weighted by Gasteiger charge is -2.12. The van der Waals surface area contributed by atoms with Crippen LogP contribution in [-0.4, -0.2) is 41.8 Å². The van der Waals surface area contributed by atoms with Gasteiger partial charge in [0.15, 0.2) is 6.10 Å². The number of H-pyrrole nitrogens is 1. The highest BCUT2D eigenvalue weighted by Gasteiger charge is 2.26. The first-order chi connectivity index (χ1) is 13.1. The number of esters is 2. The van der Waals surface area contributed by atoms with E-state index in [0.29, 0.717) is 22.5 Å². The first-order valence-electron chi connectivity index (χ1n) is 8.56. The molecular formula is C20H22N2O6. The quantitative estimate of drug-likeness (QED) is 0.583. The van der Waals surface area contributed by atoms with Crippen molar-refractivity contribution in [2.75, 3.05) is 12.4 Å². The Morgan fingerprint density at radius 2 is 1.64 bits per heavy atom. The van der Waals surface area contributed by atoms with Gasteiger partial charge in [-0.25, -0.2) is 9.59 Å². The van der Waals surface area contributed by atoms with Crippen LogP contribution >= 0.6 is 0 Å². The van der Waals surface area contributed by atoms with Crippen molar-refractivity contribution in [3.63, 3.8) is 0 Å². The Bertz CT molecular complexity index is 927. The molecule has 0 aliphatic carbocycles. The standard InChI is InChI=1S/C20H22N2O6/c1-10-16(19(25)27-5)11(2)21-17(10)20(26)28-12(3)18(24)14-6-8-15(9-7-14)22-13(4)23/h6-9,12,21H,1-5H3,(H,22,23)/t12-/m1/s1.